The quantitative estimate of drug-likeness (QED) is 0.0326. The van der Waals surface area contributed by atoms with Gasteiger partial charge in [0.1, 0.15) is 12.2 Å². The standard InChI is InChI=1S/C73H138N2O10/c1-7-9-11-13-18-24-30-50-67(84-72(79)57-43-60-74(3)4)52-32-26-21-17-15-16-20-23-29-45-65-46-35-37-55-69(76)82-63-42-40-49-66(47-36-38-56-70(77)81-62-41-39-48-65)59-64-83-71(78)54-34-28-22-27-33-53-68(51-31-25-19-14-12-10-8-2)85-73(80)58-44-61-75(5)6/h65-68H,7-64H2,1-6H3. The second kappa shape index (κ2) is 60.2. The fourth-order valence-electron chi connectivity index (χ4n) is 12.2. The molecule has 0 aliphatic carbocycles. The van der Waals surface area contributed by atoms with Crippen LogP contribution in [-0.2, 0) is 47.7 Å². The molecule has 4 atom stereocenters. The zero-order valence-corrected chi connectivity index (χ0v) is 56.8. The van der Waals surface area contributed by atoms with Crippen LogP contribution in [0.4, 0.5) is 0 Å². The lowest BCUT2D eigenvalue weighted by Crippen LogP contribution is -2.20. The van der Waals surface area contributed by atoms with E-state index in [1.807, 2.05) is 14.1 Å². The summed E-state index contributed by atoms with van der Waals surface area (Å²) in [4.78, 5) is 67.7. The minimum Gasteiger partial charge on any atom is -0.466 e. The first-order chi connectivity index (χ1) is 41.4. The third-order valence-corrected chi connectivity index (χ3v) is 17.7. The second-order valence-corrected chi connectivity index (χ2v) is 26.6. The molecule has 0 bridgehead atoms. The Morgan fingerprint density at radius 3 is 1.12 bits per heavy atom. The SMILES string of the molecule is CCCCCCCCCC(CCCCCCCCCCCC1CCCCOC(=O)CCCCC(CCOC(=O)CCCCCCCC(CCCCCCCCC)OC(=O)CCCN(C)C)CCCCOC(=O)CCCC1)OC(=O)CCCN(C)C. The highest BCUT2D eigenvalue weighted by atomic mass is 16.6. The van der Waals surface area contributed by atoms with E-state index < -0.39 is 0 Å². The Hall–Kier alpha value is -2.73. The maximum absolute atomic E-state index is 12.8. The molecule has 4 unspecified atom stereocenters. The first-order valence-corrected chi connectivity index (χ1v) is 36.6. The molecular formula is C73H138N2O10. The van der Waals surface area contributed by atoms with Crippen LogP contribution in [0.15, 0.2) is 0 Å². The molecule has 12 heteroatoms. The van der Waals surface area contributed by atoms with Gasteiger partial charge in [-0.05, 0) is 169 Å². The van der Waals surface area contributed by atoms with Gasteiger partial charge in [-0.3, -0.25) is 24.0 Å². The zero-order chi connectivity index (χ0) is 61.9. The van der Waals surface area contributed by atoms with Gasteiger partial charge in [-0.15, -0.1) is 0 Å². The number of carbonyl (C=O) groups is 5. The number of carbonyl (C=O) groups excluding carboxylic acids is 5. The van der Waals surface area contributed by atoms with Crippen LogP contribution in [-0.4, -0.2) is 113 Å². The minimum atomic E-state index is -0.123. The predicted octanol–water partition coefficient (Wildman–Crippen LogP) is 19.5. The molecule has 500 valence electrons. The molecule has 1 heterocycles. The molecule has 1 fully saturated rings. The molecule has 1 rings (SSSR count). The number of esters is 5. The summed E-state index contributed by atoms with van der Waals surface area (Å²) in [5.41, 5.74) is 0. The molecular weight excluding hydrogens is 1060 g/mol. The van der Waals surface area contributed by atoms with Gasteiger partial charge in [0.2, 0.25) is 0 Å². The van der Waals surface area contributed by atoms with E-state index >= 15 is 0 Å². The van der Waals surface area contributed by atoms with E-state index in [0.29, 0.717) is 63.8 Å². The smallest absolute Gasteiger partial charge is 0.306 e. The van der Waals surface area contributed by atoms with Crippen molar-refractivity contribution in [3.63, 3.8) is 0 Å². The highest BCUT2D eigenvalue weighted by molar-refractivity contribution is 5.70. The molecule has 85 heavy (non-hydrogen) atoms. The summed E-state index contributed by atoms with van der Waals surface area (Å²) in [6, 6.07) is 0. The van der Waals surface area contributed by atoms with E-state index in [9.17, 15) is 24.0 Å². The van der Waals surface area contributed by atoms with Crippen LogP contribution in [0.3, 0.4) is 0 Å². The van der Waals surface area contributed by atoms with Gasteiger partial charge in [0, 0.05) is 32.1 Å². The van der Waals surface area contributed by atoms with Crippen molar-refractivity contribution in [3.05, 3.63) is 0 Å². The molecule has 0 spiro atoms. The van der Waals surface area contributed by atoms with Gasteiger partial charge >= 0.3 is 29.8 Å². The van der Waals surface area contributed by atoms with Crippen LogP contribution < -0.4 is 0 Å². The van der Waals surface area contributed by atoms with Gasteiger partial charge in [0.15, 0.2) is 0 Å². The third-order valence-electron chi connectivity index (χ3n) is 17.7. The number of unbranched alkanes of at least 4 members (excludes halogenated alkanes) is 24. The van der Waals surface area contributed by atoms with E-state index in [4.69, 9.17) is 23.7 Å². The molecule has 0 saturated carbocycles. The van der Waals surface area contributed by atoms with E-state index in [2.05, 4.69) is 37.7 Å². The molecule has 0 N–H and O–H groups in total. The lowest BCUT2D eigenvalue weighted by molar-refractivity contribution is -0.151. The van der Waals surface area contributed by atoms with Crippen molar-refractivity contribution in [2.24, 2.45) is 11.8 Å². The van der Waals surface area contributed by atoms with Crippen molar-refractivity contribution in [3.8, 4) is 0 Å². The van der Waals surface area contributed by atoms with Gasteiger partial charge in [0.25, 0.3) is 0 Å². The summed E-state index contributed by atoms with van der Waals surface area (Å²) < 4.78 is 29.1. The largest absolute Gasteiger partial charge is 0.466 e. The van der Waals surface area contributed by atoms with Crippen molar-refractivity contribution in [2.45, 2.75) is 366 Å². The molecule has 1 saturated heterocycles. The van der Waals surface area contributed by atoms with Crippen LogP contribution in [0.1, 0.15) is 354 Å². The number of rotatable bonds is 49. The van der Waals surface area contributed by atoms with Gasteiger partial charge in [0.05, 0.1) is 19.8 Å². The lowest BCUT2D eigenvalue weighted by atomic mass is 9.90. The lowest BCUT2D eigenvalue weighted by Gasteiger charge is -2.18. The molecule has 0 aromatic carbocycles. The number of cyclic esters (lactones) is 2. The topological polar surface area (TPSA) is 138 Å². The Bertz CT molecular complexity index is 1540. The minimum absolute atomic E-state index is 0.0115. The molecule has 12 nitrogen and oxygen atoms in total. The monoisotopic (exact) mass is 1200 g/mol. The van der Waals surface area contributed by atoms with Crippen molar-refractivity contribution in [1.82, 2.24) is 9.80 Å². The van der Waals surface area contributed by atoms with Crippen molar-refractivity contribution in [2.75, 3.05) is 61.1 Å². The first-order valence-electron chi connectivity index (χ1n) is 36.6. The number of nitrogens with zero attached hydrogens (tertiary/aromatic N) is 2. The van der Waals surface area contributed by atoms with E-state index in [1.54, 1.807) is 0 Å². The Morgan fingerprint density at radius 2 is 0.729 bits per heavy atom. The highest BCUT2D eigenvalue weighted by Gasteiger charge is 2.18. The zero-order valence-electron chi connectivity index (χ0n) is 56.8. The Labute approximate surface area is 524 Å². The summed E-state index contributed by atoms with van der Waals surface area (Å²) in [5, 5.41) is 0. The molecule has 0 aromatic rings. The highest BCUT2D eigenvalue weighted by Crippen LogP contribution is 2.26. The number of ether oxygens (including phenoxy) is 5. The average Bonchev–Trinajstić information content (AvgIpc) is 3.46. The fraction of sp³-hybridized carbons (Fsp3) is 0.932. The maximum atomic E-state index is 12.8. The number of hydrogen-bond donors (Lipinski definition) is 0. The van der Waals surface area contributed by atoms with Crippen LogP contribution in [0.2, 0.25) is 0 Å². The summed E-state index contributed by atoms with van der Waals surface area (Å²) in [7, 11) is 8.17. The molecule has 0 radical (unpaired) electrons. The predicted molar refractivity (Wildman–Crippen MR) is 353 cm³/mol. The van der Waals surface area contributed by atoms with E-state index in [1.165, 1.54) is 135 Å². The van der Waals surface area contributed by atoms with Gasteiger partial charge in [-0.1, -0.05) is 206 Å². The van der Waals surface area contributed by atoms with Gasteiger partial charge in [-0.25, -0.2) is 0 Å². The molecule has 0 amide bonds. The van der Waals surface area contributed by atoms with Crippen molar-refractivity contribution >= 4 is 29.8 Å². The normalized spacial score (nSPS) is 17.4. The molecule has 1 aliphatic rings. The van der Waals surface area contributed by atoms with Crippen LogP contribution >= 0.6 is 0 Å². The summed E-state index contributed by atoms with van der Waals surface area (Å²) in [5.74, 6) is 0.663. The van der Waals surface area contributed by atoms with Crippen LogP contribution in [0.25, 0.3) is 0 Å². The fourth-order valence-corrected chi connectivity index (χ4v) is 12.2. The van der Waals surface area contributed by atoms with Gasteiger partial charge in [-0.2, -0.15) is 0 Å². The van der Waals surface area contributed by atoms with E-state index in [-0.39, 0.29) is 42.1 Å². The Morgan fingerprint density at radius 1 is 0.400 bits per heavy atom. The second-order valence-electron chi connectivity index (χ2n) is 26.6. The summed E-state index contributed by atoms with van der Waals surface area (Å²) >= 11 is 0. The van der Waals surface area contributed by atoms with Crippen molar-refractivity contribution < 1.29 is 47.7 Å². The van der Waals surface area contributed by atoms with Crippen LogP contribution in [0.5, 0.6) is 0 Å². The Balaban J connectivity index is 2.38. The average molecular weight is 1200 g/mol. The molecule has 0 aromatic heterocycles. The van der Waals surface area contributed by atoms with Gasteiger partial charge < -0.3 is 33.5 Å². The third kappa shape index (κ3) is 56.3. The maximum Gasteiger partial charge on any atom is 0.306 e. The number of hydrogen-bond acceptors (Lipinski definition) is 12. The van der Waals surface area contributed by atoms with Crippen LogP contribution in [0, 0.1) is 11.8 Å². The van der Waals surface area contributed by atoms with E-state index in [0.717, 1.165) is 186 Å². The van der Waals surface area contributed by atoms with Crippen molar-refractivity contribution in [1.29, 1.82) is 0 Å². The Kier molecular flexibility index (Phi) is 56.9. The molecule has 1 aliphatic heterocycles. The summed E-state index contributed by atoms with van der Waals surface area (Å²) in [6.45, 7) is 7.69. The summed E-state index contributed by atoms with van der Waals surface area (Å²) in [6.07, 6.45) is 55.8. The first kappa shape index (κ1) is 80.3.